The Morgan fingerprint density at radius 2 is 1.97 bits per heavy atom. The number of anilines is 1. The highest BCUT2D eigenvalue weighted by Gasteiger charge is 2.34. The molecule has 0 amide bonds. The number of hydrogen-bond acceptors (Lipinski definition) is 7. The van der Waals surface area contributed by atoms with Gasteiger partial charge in [-0.3, -0.25) is 0 Å². The molecule has 2 aliphatic heterocycles. The molecule has 1 fully saturated rings. The first-order chi connectivity index (χ1) is 17.0. The van der Waals surface area contributed by atoms with Crippen molar-refractivity contribution in [1.82, 2.24) is 24.2 Å². The zero-order valence-corrected chi connectivity index (χ0v) is 20.7. The van der Waals surface area contributed by atoms with Gasteiger partial charge >= 0.3 is 6.18 Å². The van der Waals surface area contributed by atoms with E-state index in [2.05, 4.69) is 24.8 Å². The number of hydrogen-bond donors (Lipinski definition) is 1. The van der Waals surface area contributed by atoms with E-state index < -0.39 is 22.8 Å². The zero-order chi connectivity index (χ0) is 25.7. The van der Waals surface area contributed by atoms with Gasteiger partial charge in [-0.1, -0.05) is 0 Å². The van der Waals surface area contributed by atoms with Crippen molar-refractivity contribution in [3.63, 3.8) is 0 Å². The molecule has 36 heavy (non-hydrogen) atoms. The summed E-state index contributed by atoms with van der Waals surface area (Å²) in [5.41, 5.74) is 4.02. The monoisotopic (exact) mass is 524 g/mol. The second-order valence-electron chi connectivity index (χ2n) is 9.42. The van der Waals surface area contributed by atoms with Crippen LogP contribution in [0.25, 0.3) is 11.0 Å². The normalized spacial score (nSPS) is 20.0. The molecular weight excluding hydrogens is 497 g/mol. The number of pyridine rings is 1. The lowest BCUT2D eigenvalue weighted by atomic mass is 9.87. The first-order valence-electron chi connectivity index (χ1n) is 11.7. The molecule has 5 heterocycles. The van der Waals surface area contributed by atoms with E-state index in [4.69, 9.17) is 4.74 Å². The number of fused-ring (bicyclic) bond motifs is 2. The molecule has 0 radical (unpaired) electrons. The highest BCUT2D eigenvalue weighted by Crippen LogP contribution is 2.38. The Balaban J connectivity index is 1.46. The number of alkyl halides is 3. The summed E-state index contributed by atoms with van der Waals surface area (Å²) in [5, 5.41) is 0.782. The lowest BCUT2D eigenvalue weighted by Crippen LogP contribution is -2.41. The molecule has 0 aliphatic carbocycles. The molecule has 1 saturated heterocycles. The van der Waals surface area contributed by atoms with E-state index in [0.717, 1.165) is 28.0 Å². The van der Waals surface area contributed by atoms with Crippen LogP contribution in [-0.4, -0.2) is 70.8 Å². The first-order valence-corrected chi connectivity index (χ1v) is 13.6. The van der Waals surface area contributed by atoms with E-state index in [1.54, 1.807) is 18.6 Å². The van der Waals surface area contributed by atoms with E-state index in [9.17, 15) is 21.6 Å². The Kier molecular flexibility index (Phi) is 6.31. The number of ether oxygens (including phenoxy) is 1. The van der Waals surface area contributed by atoms with Crippen LogP contribution in [0.1, 0.15) is 42.6 Å². The van der Waals surface area contributed by atoms with Crippen molar-refractivity contribution in [3.8, 4) is 5.88 Å². The topological polar surface area (TPSA) is 104 Å². The van der Waals surface area contributed by atoms with Crippen LogP contribution in [0.15, 0.2) is 24.7 Å². The lowest BCUT2D eigenvalue weighted by molar-refractivity contribution is -0.154. The number of nitrogens with zero attached hydrogens (tertiary/aromatic N) is 5. The number of H-pyrrole nitrogens is 1. The molecule has 9 nitrogen and oxygen atoms in total. The number of halogens is 3. The van der Waals surface area contributed by atoms with Gasteiger partial charge in [-0.15, -0.1) is 0 Å². The van der Waals surface area contributed by atoms with Gasteiger partial charge < -0.3 is 14.6 Å². The van der Waals surface area contributed by atoms with Gasteiger partial charge in [0.25, 0.3) is 0 Å². The second kappa shape index (κ2) is 9.18. The third-order valence-corrected chi connectivity index (χ3v) is 8.21. The van der Waals surface area contributed by atoms with Gasteiger partial charge in [0.1, 0.15) is 12.0 Å². The highest BCUT2D eigenvalue weighted by atomic mass is 32.2. The van der Waals surface area contributed by atoms with Crippen LogP contribution in [0, 0.1) is 0 Å². The Labute approximate surface area is 206 Å². The summed E-state index contributed by atoms with van der Waals surface area (Å²) in [6.45, 7) is 1.98. The average Bonchev–Trinajstić information content (AvgIpc) is 3.29. The van der Waals surface area contributed by atoms with Crippen molar-refractivity contribution in [2.45, 2.75) is 50.9 Å². The van der Waals surface area contributed by atoms with Crippen LogP contribution in [-0.2, 0) is 23.0 Å². The molecule has 2 aliphatic rings. The van der Waals surface area contributed by atoms with Crippen molar-refractivity contribution in [3.05, 3.63) is 41.6 Å². The summed E-state index contributed by atoms with van der Waals surface area (Å²) in [4.78, 5) is 18.4. The number of rotatable bonds is 5. The van der Waals surface area contributed by atoms with E-state index in [1.165, 1.54) is 10.6 Å². The molecule has 0 bridgehead atoms. The van der Waals surface area contributed by atoms with E-state index in [-0.39, 0.29) is 17.8 Å². The third kappa shape index (κ3) is 4.99. The molecule has 1 N–H and O–H groups in total. The maximum Gasteiger partial charge on any atom is 0.422 e. The van der Waals surface area contributed by atoms with Gasteiger partial charge in [-0.2, -0.15) is 18.2 Å². The number of sulfonamides is 1. The van der Waals surface area contributed by atoms with Crippen molar-refractivity contribution in [2.75, 3.05) is 30.9 Å². The Bertz CT molecular complexity index is 1370. The Morgan fingerprint density at radius 3 is 2.67 bits per heavy atom. The molecule has 13 heteroatoms. The minimum absolute atomic E-state index is 0.0169. The molecule has 3 aromatic rings. The predicted molar refractivity (Wildman–Crippen MR) is 127 cm³/mol. The van der Waals surface area contributed by atoms with Crippen molar-refractivity contribution >= 4 is 26.7 Å². The lowest BCUT2D eigenvalue weighted by Gasteiger charge is -2.38. The van der Waals surface area contributed by atoms with E-state index in [0.29, 0.717) is 44.5 Å². The van der Waals surface area contributed by atoms with E-state index >= 15 is 0 Å². The Hall–Kier alpha value is -2.93. The second-order valence-corrected chi connectivity index (χ2v) is 11.4. The Morgan fingerprint density at radius 1 is 1.22 bits per heavy atom. The summed E-state index contributed by atoms with van der Waals surface area (Å²) in [7, 11) is -3.23. The van der Waals surface area contributed by atoms with Gasteiger partial charge in [0, 0.05) is 61.2 Å². The summed E-state index contributed by atoms with van der Waals surface area (Å²) in [6, 6.07) is 3.41. The standard InChI is InChI=1S/C23H27F3N6O3S/c1-14-9-18-17(21(29-13-28-18)15-4-7-31(8-5-15)36(2,33)34)11-32(14)19-10-20(35-12-23(24,25)26)30-22-16(19)3-6-27-22/h3,6,10,13-15H,4-5,7-9,11-12H2,1-2H3,(H,27,30)/t14-/m1/s1. The predicted octanol–water partition coefficient (Wildman–Crippen LogP) is 3.38. The largest absolute Gasteiger partial charge is 0.468 e. The highest BCUT2D eigenvalue weighted by molar-refractivity contribution is 7.88. The van der Waals surface area contributed by atoms with Crippen molar-refractivity contribution in [2.24, 2.45) is 0 Å². The minimum Gasteiger partial charge on any atom is -0.468 e. The molecule has 0 aromatic carbocycles. The molecule has 3 aromatic heterocycles. The van der Waals surface area contributed by atoms with Gasteiger partial charge in [0.05, 0.1) is 23.3 Å². The summed E-state index contributed by atoms with van der Waals surface area (Å²) in [5.74, 6) is -0.00152. The number of nitrogens with one attached hydrogen (secondary N) is 1. The molecule has 0 spiro atoms. The summed E-state index contributed by atoms with van der Waals surface area (Å²) < 4.78 is 68.6. The average molecular weight is 525 g/mol. The fourth-order valence-electron chi connectivity index (χ4n) is 5.13. The van der Waals surface area contributed by atoms with Crippen LogP contribution >= 0.6 is 0 Å². The van der Waals surface area contributed by atoms with Crippen LogP contribution in [0.4, 0.5) is 18.9 Å². The number of aromatic amines is 1. The van der Waals surface area contributed by atoms with Gasteiger partial charge in [0.15, 0.2) is 6.61 Å². The first kappa shape index (κ1) is 24.8. The third-order valence-electron chi connectivity index (χ3n) is 6.90. The van der Waals surface area contributed by atoms with Crippen LogP contribution < -0.4 is 9.64 Å². The SMILES string of the molecule is C[C@@H]1Cc2ncnc(C3CCN(S(C)(=O)=O)CC3)c2CN1c1cc(OCC(F)(F)F)nc2[nH]ccc12. The molecule has 5 rings (SSSR count). The molecule has 194 valence electrons. The maximum atomic E-state index is 12.8. The number of piperidine rings is 1. The van der Waals surface area contributed by atoms with Crippen LogP contribution in [0.2, 0.25) is 0 Å². The van der Waals surface area contributed by atoms with Gasteiger partial charge in [0.2, 0.25) is 15.9 Å². The van der Waals surface area contributed by atoms with Gasteiger partial charge in [-0.25, -0.2) is 22.7 Å². The minimum atomic E-state index is -4.47. The van der Waals surface area contributed by atoms with Crippen molar-refractivity contribution in [1.29, 1.82) is 0 Å². The van der Waals surface area contributed by atoms with E-state index in [1.807, 2.05) is 13.0 Å². The van der Waals surface area contributed by atoms with Gasteiger partial charge in [-0.05, 0) is 25.8 Å². The maximum absolute atomic E-state index is 12.8. The van der Waals surface area contributed by atoms with Crippen LogP contribution in [0.5, 0.6) is 5.88 Å². The molecule has 0 saturated carbocycles. The fourth-order valence-corrected chi connectivity index (χ4v) is 6.00. The van der Waals surface area contributed by atoms with Crippen LogP contribution in [0.3, 0.4) is 0 Å². The smallest absolute Gasteiger partial charge is 0.422 e. The molecule has 0 unspecified atom stereocenters. The quantitative estimate of drug-likeness (QED) is 0.546. The molecular formula is C23H27F3N6O3S. The fraction of sp³-hybridized carbons (Fsp3) is 0.522. The molecule has 1 atom stereocenters. The zero-order valence-electron chi connectivity index (χ0n) is 19.9. The summed E-state index contributed by atoms with van der Waals surface area (Å²) in [6.07, 6.45) is 1.99. The van der Waals surface area contributed by atoms with Crippen molar-refractivity contribution < 1.29 is 26.3 Å². The number of aromatic nitrogens is 4. The summed E-state index contributed by atoms with van der Waals surface area (Å²) >= 11 is 0.